The number of ether oxygens (including phenoxy) is 2. The molecule has 1 N–H and O–H groups in total. The lowest BCUT2D eigenvalue weighted by atomic mass is 9.98. The van der Waals surface area contributed by atoms with Gasteiger partial charge in [0, 0.05) is 6.42 Å². The van der Waals surface area contributed by atoms with E-state index in [2.05, 4.69) is 5.32 Å². The molecule has 6 nitrogen and oxygen atoms in total. The lowest BCUT2D eigenvalue weighted by molar-refractivity contribution is -0.125. The van der Waals surface area contributed by atoms with E-state index in [-0.39, 0.29) is 12.0 Å². The Morgan fingerprint density at radius 2 is 1.89 bits per heavy atom. The van der Waals surface area contributed by atoms with Crippen LogP contribution in [-0.4, -0.2) is 30.6 Å². The molecule has 0 spiro atoms. The van der Waals surface area contributed by atoms with Gasteiger partial charge in [-0.3, -0.25) is 4.79 Å². The summed E-state index contributed by atoms with van der Waals surface area (Å²) >= 11 is 0. The van der Waals surface area contributed by atoms with Gasteiger partial charge in [0.25, 0.3) is 5.91 Å². The van der Waals surface area contributed by atoms with Crippen molar-refractivity contribution in [1.29, 1.82) is 0 Å². The van der Waals surface area contributed by atoms with Crippen molar-refractivity contribution in [2.24, 2.45) is 0 Å². The summed E-state index contributed by atoms with van der Waals surface area (Å²) in [5.41, 5.74) is 1.84. The summed E-state index contributed by atoms with van der Waals surface area (Å²) in [6.07, 6.45) is 1.03. The van der Waals surface area contributed by atoms with Crippen molar-refractivity contribution < 1.29 is 23.9 Å². The first-order valence-electron chi connectivity index (χ1n) is 8.96. The molecule has 6 heteroatoms. The largest absolute Gasteiger partial charge is 0.462 e. The molecule has 1 atom stereocenters. The molecule has 0 aromatic heterocycles. The summed E-state index contributed by atoms with van der Waals surface area (Å²) in [4.78, 5) is 37.0. The van der Waals surface area contributed by atoms with Gasteiger partial charge in [0.15, 0.2) is 6.10 Å². The molecule has 0 aliphatic carbocycles. The first kappa shape index (κ1) is 18.6. The fraction of sp³-hybridized carbons (Fsp3) is 0.286. The molecular formula is C21H21NO5. The molecule has 1 amide bonds. The Balaban J connectivity index is 1.72. The third-order valence-corrected chi connectivity index (χ3v) is 4.32. The average Bonchev–Trinajstić information content (AvgIpc) is 2.68. The molecule has 3 rings (SSSR count). The van der Waals surface area contributed by atoms with Crippen molar-refractivity contribution in [3.63, 3.8) is 0 Å². The second kappa shape index (κ2) is 8.49. The third-order valence-electron chi connectivity index (χ3n) is 4.32. The Morgan fingerprint density at radius 1 is 1.15 bits per heavy atom. The van der Waals surface area contributed by atoms with E-state index in [0.717, 1.165) is 18.4 Å². The summed E-state index contributed by atoms with van der Waals surface area (Å²) in [6.45, 7) is 2.33. The number of esters is 2. The predicted molar refractivity (Wildman–Crippen MR) is 99.6 cm³/mol. The molecule has 1 heterocycles. The van der Waals surface area contributed by atoms with Gasteiger partial charge in [0.1, 0.15) is 0 Å². The van der Waals surface area contributed by atoms with E-state index < -0.39 is 23.9 Å². The van der Waals surface area contributed by atoms with Gasteiger partial charge in [-0.05, 0) is 30.2 Å². The number of anilines is 1. The normalized spacial score (nSPS) is 15.4. The molecule has 1 unspecified atom stereocenters. The Labute approximate surface area is 157 Å². The molecule has 27 heavy (non-hydrogen) atoms. The van der Waals surface area contributed by atoms with E-state index in [1.807, 2.05) is 13.0 Å². The number of benzene rings is 2. The SMILES string of the molecule is CCCCOC(=O)c1ccccc1NC(=O)C1Cc2ccccc2C(=O)O1. The van der Waals surface area contributed by atoms with Crippen LogP contribution in [-0.2, 0) is 20.7 Å². The number of amides is 1. The van der Waals surface area contributed by atoms with E-state index in [0.29, 0.717) is 17.9 Å². The first-order chi connectivity index (χ1) is 13.1. The fourth-order valence-electron chi connectivity index (χ4n) is 2.85. The van der Waals surface area contributed by atoms with Crippen molar-refractivity contribution in [2.45, 2.75) is 32.3 Å². The lowest BCUT2D eigenvalue weighted by Gasteiger charge is -2.24. The molecule has 2 aromatic rings. The van der Waals surface area contributed by atoms with Crippen LogP contribution in [0.1, 0.15) is 46.0 Å². The quantitative estimate of drug-likeness (QED) is 0.625. The number of para-hydroxylation sites is 1. The van der Waals surface area contributed by atoms with Gasteiger partial charge in [-0.2, -0.15) is 0 Å². The number of cyclic esters (lactones) is 1. The second-order valence-electron chi connectivity index (χ2n) is 6.28. The summed E-state index contributed by atoms with van der Waals surface area (Å²) < 4.78 is 10.5. The van der Waals surface area contributed by atoms with Gasteiger partial charge in [-0.15, -0.1) is 0 Å². The summed E-state index contributed by atoms with van der Waals surface area (Å²) in [6, 6.07) is 13.7. The minimum atomic E-state index is -0.948. The topological polar surface area (TPSA) is 81.7 Å². The maximum atomic E-state index is 12.6. The number of hydrogen-bond donors (Lipinski definition) is 1. The number of nitrogens with one attached hydrogen (secondary N) is 1. The number of rotatable bonds is 6. The highest BCUT2D eigenvalue weighted by Crippen LogP contribution is 2.23. The summed E-state index contributed by atoms with van der Waals surface area (Å²) in [7, 11) is 0. The van der Waals surface area contributed by atoms with E-state index in [9.17, 15) is 14.4 Å². The van der Waals surface area contributed by atoms with Gasteiger partial charge < -0.3 is 14.8 Å². The number of fused-ring (bicyclic) bond motifs is 1. The van der Waals surface area contributed by atoms with Gasteiger partial charge in [0.2, 0.25) is 0 Å². The van der Waals surface area contributed by atoms with E-state index in [1.165, 1.54) is 0 Å². The van der Waals surface area contributed by atoms with Gasteiger partial charge >= 0.3 is 11.9 Å². The van der Waals surface area contributed by atoms with Gasteiger partial charge in [0.05, 0.1) is 23.4 Å². The Hall–Kier alpha value is -3.15. The Morgan fingerprint density at radius 3 is 2.70 bits per heavy atom. The van der Waals surface area contributed by atoms with Crippen molar-refractivity contribution >= 4 is 23.5 Å². The van der Waals surface area contributed by atoms with Gasteiger partial charge in [-0.25, -0.2) is 9.59 Å². The predicted octanol–water partition coefficient (Wildman–Crippen LogP) is 3.36. The molecular weight excluding hydrogens is 346 g/mol. The Kier molecular flexibility index (Phi) is 5.86. The lowest BCUT2D eigenvalue weighted by Crippen LogP contribution is -2.38. The summed E-state index contributed by atoms with van der Waals surface area (Å²) in [5.74, 6) is -1.50. The molecule has 0 saturated heterocycles. The molecule has 140 valence electrons. The fourth-order valence-corrected chi connectivity index (χ4v) is 2.85. The molecule has 0 radical (unpaired) electrons. The highest BCUT2D eigenvalue weighted by atomic mass is 16.5. The van der Waals surface area contributed by atoms with Crippen LogP contribution in [0, 0.1) is 0 Å². The standard InChI is InChI=1S/C21H21NO5/c1-2-3-12-26-20(24)16-10-6-7-11-17(16)22-19(23)18-13-14-8-4-5-9-15(14)21(25)27-18/h4-11,18H,2-3,12-13H2,1H3,(H,22,23). The van der Waals surface area contributed by atoms with Crippen LogP contribution in [0.15, 0.2) is 48.5 Å². The maximum Gasteiger partial charge on any atom is 0.340 e. The molecule has 1 aliphatic rings. The highest BCUT2D eigenvalue weighted by Gasteiger charge is 2.31. The minimum Gasteiger partial charge on any atom is -0.462 e. The maximum absolute atomic E-state index is 12.6. The first-order valence-corrected chi connectivity index (χ1v) is 8.96. The van der Waals surface area contributed by atoms with E-state index >= 15 is 0 Å². The van der Waals surface area contributed by atoms with Crippen LogP contribution in [0.3, 0.4) is 0 Å². The number of unbranched alkanes of at least 4 members (excludes halogenated alkanes) is 1. The average molecular weight is 367 g/mol. The van der Waals surface area contributed by atoms with Crippen molar-refractivity contribution in [2.75, 3.05) is 11.9 Å². The molecule has 0 saturated carbocycles. The molecule has 2 aromatic carbocycles. The molecule has 0 bridgehead atoms. The highest BCUT2D eigenvalue weighted by molar-refractivity contribution is 6.04. The molecule has 1 aliphatic heterocycles. The van der Waals surface area contributed by atoms with Crippen LogP contribution in [0.5, 0.6) is 0 Å². The van der Waals surface area contributed by atoms with Crippen LogP contribution in [0.4, 0.5) is 5.69 Å². The van der Waals surface area contributed by atoms with Crippen LogP contribution in [0.2, 0.25) is 0 Å². The number of carbonyl (C=O) groups is 3. The molecule has 0 fully saturated rings. The van der Waals surface area contributed by atoms with Crippen LogP contribution in [0.25, 0.3) is 0 Å². The Bertz CT molecular complexity index is 861. The van der Waals surface area contributed by atoms with Crippen LogP contribution >= 0.6 is 0 Å². The second-order valence-corrected chi connectivity index (χ2v) is 6.28. The van der Waals surface area contributed by atoms with E-state index in [4.69, 9.17) is 9.47 Å². The van der Waals surface area contributed by atoms with Crippen molar-refractivity contribution in [3.05, 3.63) is 65.2 Å². The minimum absolute atomic E-state index is 0.268. The number of carbonyl (C=O) groups excluding carboxylic acids is 3. The van der Waals surface area contributed by atoms with E-state index in [1.54, 1.807) is 42.5 Å². The van der Waals surface area contributed by atoms with Crippen LogP contribution < -0.4 is 5.32 Å². The zero-order valence-corrected chi connectivity index (χ0v) is 15.1. The smallest absolute Gasteiger partial charge is 0.340 e. The van der Waals surface area contributed by atoms with Crippen molar-refractivity contribution in [1.82, 2.24) is 0 Å². The third kappa shape index (κ3) is 4.34. The summed E-state index contributed by atoms with van der Waals surface area (Å²) in [5, 5.41) is 2.69. The number of hydrogen-bond acceptors (Lipinski definition) is 5. The zero-order valence-electron chi connectivity index (χ0n) is 15.1. The van der Waals surface area contributed by atoms with Gasteiger partial charge in [-0.1, -0.05) is 43.7 Å². The monoisotopic (exact) mass is 367 g/mol. The van der Waals surface area contributed by atoms with Crippen molar-refractivity contribution in [3.8, 4) is 0 Å². The zero-order chi connectivity index (χ0) is 19.2.